The Morgan fingerprint density at radius 3 is 2.42 bits per heavy atom. The fourth-order valence-electron chi connectivity index (χ4n) is 2.41. The van der Waals surface area contributed by atoms with Gasteiger partial charge in [-0.2, -0.15) is 0 Å². The third kappa shape index (κ3) is 5.30. The number of hydrogen-bond donors (Lipinski definition) is 2. The van der Waals surface area contributed by atoms with E-state index < -0.39 is 0 Å². The van der Waals surface area contributed by atoms with Gasteiger partial charge in [-0.25, -0.2) is 0 Å². The molecule has 1 aliphatic carbocycles. The lowest BCUT2D eigenvalue weighted by molar-refractivity contribution is 0.306. The summed E-state index contributed by atoms with van der Waals surface area (Å²) in [6.45, 7) is 2.37. The lowest BCUT2D eigenvalue weighted by Gasteiger charge is -2.12. The number of aliphatic imine (C=N–C) groups is 1. The van der Waals surface area contributed by atoms with Crippen LogP contribution in [0.15, 0.2) is 59.6 Å². The molecule has 0 spiro atoms. The molecule has 4 nitrogen and oxygen atoms in total. The number of nitrogens with one attached hydrogen (secondary N) is 2. The lowest BCUT2D eigenvalue weighted by atomic mass is 10.2. The molecule has 0 aromatic heterocycles. The number of ether oxygens (including phenoxy) is 1. The smallest absolute Gasteiger partial charge is 0.191 e. The summed E-state index contributed by atoms with van der Waals surface area (Å²) >= 11 is 0. The fourth-order valence-corrected chi connectivity index (χ4v) is 2.41. The summed E-state index contributed by atoms with van der Waals surface area (Å²) in [6, 6.07) is 18.4. The van der Waals surface area contributed by atoms with Crippen molar-refractivity contribution in [2.75, 3.05) is 13.6 Å². The van der Waals surface area contributed by atoms with Gasteiger partial charge >= 0.3 is 0 Å². The third-order valence-corrected chi connectivity index (χ3v) is 4.11. The second kappa shape index (κ2) is 8.39. The van der Waals surface area contributed by atoms with Gasteiger partial charge in [-0.3, -0.25) is 4.99 Å². The largest absolute Gasteiger partial charge is 0.489 e. The molecule has 0 heterocycles. The average Bonchev–Trinajstić information content (AvgIpc) is 3.46. The zero-order chi connectivity index (χ0) is 16.6. The topological polar surface area (TPSA) is 45.7 Å². The van der Waals surface area contributed by atoms with Crippen molar-refractivity contribution in [1.82, 2.24) is 10.6 Å². The lowest BCUT2D eigenvalue weighted by Crippen LogP contribution is -2.37. The number of rotatable bonds is 7. The highest BCUT2D eigenvalue weighted by Gasteiger charge is 2.20. The maximum absolute atomic E-state index is 5.81. The molecule has 126 valence electrons. The van der Waals surface area contributed by atoms with Crippen LogP contribution in [0.2, 0.25) is 0 Å². The minimum absolute atomic E-state index is 0.593. The van der Waals surface area contributed by atoms with Gasteiger partial charge in [0.25, 0.3) is 0 Å². The average molecular weight is 323 g/mol. The Hall–Kier alpha value is -2.49. The molecule has 1 fully saturated rings. The van der Waals surface area contributed by atoms with Crippen LogP contribution in [0.3, 0.4) is 0 Å². The van der Waals surface area contributed by atoms with Gasteiger partial charge in [0.15, 0.2) is 5.96 Å². The minimum atomic E-state index is 0.593. The first-order valence-electron chi connectivity index (χ1n) is 8.53. The molecule has 1 saturated carbocycles. The normalized spacial score (nSPS) is 14.3. The Labute approximate surface area is 144 Å². The zero-order valence-electron chi connectivity index (χ0n) is 14.2. The van der Waals surface area contributed by atoms with Gasteiger partial charge in [0.2, 0.25) is 0 Å². The van der Waals surface area contributed by atoms with Gasteiger partial charge in [-0.15, -0.1) is 0 Å². The molecule has 0 radical (unpaired) electrons. The molecule has 2 aromatic rings. The predicted octanol–water partition coefficient (Wildman–Crippen LogP) is 3.34. The molecule has 4 heteroatoms. The van der Waals surface area contributed by atoms with Crippen molar-refractivity contribution < 1.29 is 4.74 Å². The maximum atomic E-state index is 5.81. The van der Waals surface area contributed by atoms with Crippen molar-refractivity contribution in [2.24, 2.45) is 10.9 Å². The van der Waals surface area contributed by atoms with E-state index >= 15 is 0 Å². The molecule has 0 bridgehead atoms. The zero-order valence-corrected chi connectivity index (χ0v) is 14.2. The van der Waals surface area contributed by atoms with Gasteiger partial charge < -0.3 is 15.4 Å². The first kappa shape index (κ1) is 16.4. The second-order valence-electron chi connectivity index (χ2n) is 6.17. The van der Waals surface area contributed by atoms with Gasteiger partial charge in [0.1, 0.15) is 12.4 Å². The number of guanidine groups is 1. The number of nitrogens with zero attached hydrogens (tertiary/aromatic N) is 1. The summed E-state index contributed by atoms with van der Waals surface area (Å²) < 4.78 is 5.81. The van der Waals surface area contributed by atoms with E-state index in [0.29, 0.717) is 6.61 Å². The highest BCUT2D eigenvalue weighted by Crippen LogP contribution is 2.27. The van der Waals surface area contributed by atoms with Crippen molar-refractivity contribution in [2.45, 2.75) is 26.0 Å². The molecule has 1 aliphatic rings. The highest BCUT2D eigenvalue weighted by atomic mass is 16.5. The molecule has 0 aliphatic heterocycles. The molecule has 24 heavy (non-hydrogen) atoms. The molecule has 2 aromatic carbocycles. The summed E-state index contributed by atoms with van der Waals surface area (Å²) in [5.41, 5.74) is 2.38. The van der Waals surface area contributed by atoms with Crippen molar-refractivity contribution in [3.63, 3.8) is 0 Å². The molecular weight excluding hydrogens is 298 g/mol. The molecule has 3 rings (SSSR count). The number of hydrogen-bond acceptors (Lipinski definition) is 2. The van der Waals surface area contributed by atoms with E-state index in [1.807, 2.05) is 37.4 Å². The highest BCUT2D eigenvalue weighted by molar-refractivity contribution is 5.79. The summed E-state index contributed by atoms with van der Waals surface area (Å²) in [5.74, 6) is 2.59. The van der Waals surface area contributed by atoms with Gasteiger partial charge in [-0.05, 0) is 42.0 Å². The Bertz CT molecular complexity index is 648. The van der Waals surface area contributed by atoms with Crippen LogP contribution in [0.25, 0.3) is 0 Å². The Kier molecular flexibility index (Phi) is 5.72. The first-order chi connectivity index (χ1) is 11.8. The van der Waals surface area contributed by atoms with Crippen LogP contribution < -0.4 is 15.4 Å². The fraction of sp³-hybridized carbons (Fsp3) is 0.350. The van der Waals surface area contributed by atoms with Crippen molar-refractivity contribution in [1.29, 1.82) is 0 Å². The Balaban J connectivity index is 1.43. The summed E-state index contributed by atoms with van der Waals surface area (Å²) in [6.07, 6.45) is 2.68. The number of benzene rings is 2. The van der Waals surface area contributed by atoms with Crippen LogP contribution in [-0.2, 0) is 13.2 Å². The summed E-state index contributed by atoms with van der Waals surface area (Å²) in [5, 5.41) is 6.71. The van der Waals surface area contributed by atoms with E-state index in [-0.39, 0.29) is 0 Å². The minimum Gasteiger partial charge on any atom is -0.489 e. The first-order valence-corrected chi connectivity index (χ1v) is 8.53. The van der Waals surface area contributed by atoms with Crippen LogP contribution in [0, 0.1) is 5.92 Å². The van der Waals surface area contributed by atoms with Crippen LogP contribution in [-0.4, -0.2) is 19.6 Å². The molecule has 0 saturated heterocycles. The Morgan fingerprint density at radius 1 is 1.00 bits per heavy atom. The summed E-state index contributed by atoms with van der Waals surface area (Å²) in [4.78, 5) is 4.25. The van der Waals surface area contributed by atoms with E-state index in [0.717, 1.165) is 30.7 Å². The van der Waals surface area contributed by atoms with Crippen LogP contribution in [0.4, 0.5) is 0 Å². The molecule has 2 N–H and O–H groups in total. The van der Waals surface area contributed by atoms with Crippen molar-refractivity contribution in [3.8, 4) is 5.75 Å². The maximum Gasteiger partial charge on any atom is 0.191 e. The van der Waals surface area contributed by atoms with E-state index in [4.69, 9.17) is 4.74 Å². The van der Waals surface area contributed by atoms with Crippen molar-refractivity contribution in [3.05, 3.63) is 65.7 Å². The van der Waals surface area contributed by atoms with E-state index in [1.165, 1.54) is 24.0 Å². The van der Waals surface area contributed by atoms with Crippen LogP contribution in [0.5, 0.6) is 5.75 Å². The van der Waals surface area contributed by atoms with Gasteiger partial charge in [0, 0.05) is 20.1 Å². The molecular formula is C20H25N3O. The molecule has 0 amide bonds. The SMILES string of the molecule is CN=C(NCc1ccc(OCc2ccccc2)cc1)NCC1CC1. The van der Waals surface area contributed by atoms with Crippen molar-refractivity contribution >= 4 is 5.96 Å². The standard InChI is InChI=1S/C20H25N3O/c1-21-20(22-13-16-7-8-16)23-14-17-9-11-19(12-10-17)24-15-18-5-3-2-4-6-18/h2-6,9-12,16H,7-8,13-15H2,1H3,(H2,21,22,23). The van der Waals surface area contributed by atoms with Gasteiger partial charge in [-0.1, -0.05) is 42.5 Å². The van der Waals surface area contributed by atoms with E-state index in [1.54, 1.807) is 0 Å². The Morgan fingerprint density at radius 2 is 1.75 bits per heavy atom. The second-order valence-corrected chi connectivity index (χ2v) is 6.17. The monoisotopic (exact) mass is 323 g/mol. The summed E-state index contributed by atoms with van der Waals surface area (Å²) in [7, 11) is 1.81. The van der Waals surface area contributed by atoms with E-state index in [9.17, 15) is 0 Å². The molecule has 0 unspecified atom stereocenters. The van der Waals surface area contributed by atoms with Crippen LogP contribution >= 0.6 is 0 Å². The van der Waals surface area contributed by atoms with E-state index in [2.05, 4.69) is 39.9 Å². The molecule has 0 atom stereocenters. The predicted molar refractivity (Wildman–Crippen MR) is 98.1 cm³/mol. The third-order valence-electron chi connectivity index (χ3n) is 4.11. The van der Waals surface area contributed by atoms with Gasteiger partial charge in [0.05, 0.1) is 0 Å². The van der Waals surface area contributed by atoms with Crippen LogP contribution in [0.1, 0.15) is 24.0 Å². The quantitative estimate of drug-likeness (QED) is 0.607.